The van der Waals surface area contributed by atoms with Gasteiger partial charge in [0.25, 0.3) is 0 Å². The Hall–Kier alpha value is -2.55. The minimum Gasteiger partial charge on any atom is -0.372 e. The Bertz CT molecular complexity index is 1070. The highest BCUT2D eigenvalue weighted by Gasteiger charge is 2.27. The maximum absolute atomic E-state index is 12.6. The lowest BCUT2D eigenvalue weighted by atomic mass is 9.92. The summed E-state index contributed by atoms with van der Waals surface area (Å²) < 4.78 is 29.5. The summed E-state index contributed by atoms with van der Waals surface area (Å²) in [6.45, 7) is 14.1. The molecule has 33 heavy (non-hydrogen) atoms. The molecule has 2 N–H and O–H groups in total. The number of nitrogens with zero attached hydrogens (tertiary/aromatic N) is 3. The van der Waals surface area contributed by atoms with Gasteiger partial charge in [0, 0.05) is 35.9 Å². The van der Waals surface area contributed by atoms with E-state index in [-0.39, 0.29) is 11.0 Å². The van der Waals surface area contributed by atoms with Crippen molar-refractivity contribution in [3.63, 3.8) is 0 Å². The molecule has 2 aromatic rings. The molecule has 1 aromatic carbocycles. The minimum atomic E-state index is -3.87. The average Bonchev–Trinajstić information content (AvgIpc) is 3.13. The monoisotopic (exact) mass is 475 g/mol. The summed E-state index contributed by atoms with van der Waals surface area (Å²) in [5.74, 6) is -0.807. The van der Waals surface area contributed by atoms with E-state index in [2.05, 4.69) is 20.0 Å². The van der Waals surface area contributed by atoms with Crippen molar-refractivity contribution in [1.82, 2.24) is 9.78 Å². The van der Waals surface area contributed by atoms with Gasteiger partial charge in [0.2, 0.25) is 15.9 Å². The molecule has 3 rings (SSSR count). The van der Waals surface area contributed by atoms with E-state index in [4.69, 9.17) is 0 Å². The molecule has 0 bridgehead atoms. The number of rotatable bonds is 6. The SMILES string of the molecule is CC(C)(C)c1cc(NC(=O)CS(=O)(=O)Nc2ccc(N3CCCCC3)cc2)n(C(C)(C)C)n1. The van der Waals surface area contributed by atoms with E-state index in [9.17, 15) is 13.2 Å². The molecule has 0 radical (unpaired) electrons. The second-order valence-corrected chi connectivity index (χ2v) is 12.5. The standard InChI is InChI=1S/C24H37N5O3S/c1-23(2,3)20-16-21(29(26-20)24(4,5)6)25-22(30)17-33(31,32)27-18-10-12-19(13-11-18)28-14-8-7-9-15-28/h10-13,16,27H,7-9,14-15,17H2,1-6H3,(H,25,30). The molecule has 0 spiro atoms. The smallest absolute Gasteiger partial charge is 0.242 e. The predicted octanol–water partition coefficient (Wildman–Crippen LogP) is 4.31. The van der Waals surface area contributed by atoms with Crippen LogP contribution in [0.1, 0.15) is 66.5 Å². The van der Waals surface area contributed by atoms with Gasteiger partial charge in [-0.05, 0) is 64.3 Å². The van der Waals surface area contributed by atoms with Gasteiger partial charge < -0.3 is 10.2 Å². The predicted molar refractivity (Wildman–Crippen MR) is 134 cm³/mol. The van der Waals surface area contributed by atoms with Gasteiger partial charge in [-0.1, -0.05) is 20.8 Å². The summed E-state index contributed by atoms with van der Waals surface area (Å²) in [7, 11) is -3.87. The van der Waals surface area contributed by atoms with Gasteiger partial charge in [-0.2, -0.15) is 5.10 Å². The summed E-state index contributed by atoms with van der Waals surface area (Å²) >= 11 is 0. The normalized spacial score (nSPS) is 15.4. The molecule has 0 unspecified atom stereocenters. The van der Waals surface area contributed by atoms with Crippen molar-refractivity contribution >= 4 is 33.1 Å². The van der Waals surface area contributed by atoms with Gasteiger partial charge in [-0.25, -0.2) is 13.1 Å². The van der Waals surface area contributed by atoms with E-state index >= 15 is 0 Å². The van der Waals surface area contributed by atoms with Crippen LogP contribution in [0.3, 0.4) is 0 Å². The fraction of sp³-hybridized carbons (Fsp3) is 0.583. The molecule has 0 saturated carbocycles. The van der Waals surface area contributed by atoms with Crippen molar-refractivity contribution in [2.24, 2.45) is 0 Å². The Balaban J connectivity index is 1.67. The van der Waals surface area contributed by atoms with Crippen LogP contribution in [0, 0.1) is 0 Å². The zero-order chi connectivity index (χ0) is 24.4. The van der Waals surface area contributed by atoms with Crippen LogP contribution < -0.4 is 14.9 Å². The molecular formula is C24H37N5O3S. The van der Waals surface area contributed by atoms with Crippen LogP contribution in [0.25, 0.3) is 0 Å². The van der Waals surface area contributed by atoms with Gasteiger partial charge in [0.15, 0.2) is 0 Å². The van der Waals surface area contributed by atoms with Crippen molar-refractivity contribution in [2.75, 3.05) is 33.8 Å². The van der Waals surface area contributed by atoms with Gasteiger partial charge >= 0.3 is 0 Å². The number of piperidine rings is 1. The average molecular weight is 476 g/mol. The van der Waals surface area contributed by atoms with E-state index < -0.39 is 21.7 Å². The van der Waals surface area contributed by atoms with Crippen molar-refractivity contribution in [3.05, 3.63) is 36.0 Å². The quantitative estimate of drug-likeness (QED) is 0.649. The third-order valence-corrected chi connectivity index (χ3v) is 6.75. The van der Waals surface area contributed by atoms with Gasteiger partial charge in [0.1, 0.15) is 11.6 Å². The van der Waals surface area contributed by atoms with Crippen LogP contribution in [0.5, 0.6) is 0 Å². The Morgan fingerprint density at radius 2 is 1.61 bits per heavy atom. The Kier molecular flexibility index (Phi) is 7.12. The van der Waals surface area contributed by atoms with Crippen LogP contribution >= 0.6 is 0 Å². The lowest BCUT2D eigenvalue weighted by Crippen LogP contribution is -2.31. The molecule has 8 nitrogen and oxygen atoms in total. The molecule has 1 aliphatic heterocycles. The second-order valence-electron chi connectivity index (χ2n) is 10.8. The summed E-state index contributed by atoms with van der Waals surface area (Å²) in [4.78, 5) is 14.9. The number of amides is 1. The number of anilines is 3. The van der Waals surface area contributed by atoms with Gasteiger partial charge in [0.05, 0.1) is 11.2 Å². The fourth-order valence-corrected chi connectivity index (χ4v) is 4.79. The zero-order valence-electron chi connectivity index (χ0n) is 20.6. The minimum absolute atomic E-state index is 0.204. The third-order valence-electron chi connectivity index (χ3n) is 5.56. The summed E-state index contributed by atoms with van der Waals surface area (Å²) in [6.07, 6.45) is 3.61. The van der Waals surface area contributed by atoms with Crippen LogP contribution in [-0.4, -0.2) is 42.9 Å². The van der Waals surface area contributed by atoms with E-state index in [0.29, 0.717) is 11.5 Å². The summed E-state index contributed by atoms with van der Waals surface area (Å²) in [5.41, 5.74) is 1.77. The molecule has 1 aromatic heterocycles. The van der Waals surface area contributed by atoms with Crippen LogP contribution in [-0.2, 0) is 25.8 Å². The molecular weight excluding hydrogens is 438 g/mol. The first kappa shape index (κ1) is 25.1. The molecule has 0 atom stereocenters. The number of nitrogens with one attached hydrogen (secondary N) is 2. The van der Waals surface area contributed by atoms with Crippen molar-refractivity contribution < 1.29 is 13.2 Å². The molecule has 1 saturated heterocycles. The number of carbonyl (C=O) groups is 1. The van der Waals surface area contributed by atoms with Crippen LogP contribution in [0.2, 0.25) is 0 Å². The summed E-state index contributed by atoms with van der Waals surface area (Å²) in [5, 5.41) is 7.39. The number of aromatic nitrogens is 2. The molecule has 0 aliphatic carbocycles. The molecule has 9 heteroatoms. The van der Waals surface area contributed by atoms with E-state index in [0.717, 1.165) is 24.5 Å². The highest BCUT2D eigenvalue weighted by Crippen LogP contribution is 2.28. The number of hydrogen-bond acceptors (Lipinski definition) is 5. The third kappa shape index (κ3) is 6.72. The second kappa shape index (κ2) is 9.37. The Morgan fingerprint density at radius 1 is 1.00 bits per heavy atom. The van der Waals surface area contributed by atoms with E-state index in [1.165, 1.54) is 19.3 Å². The maximum atomic E-state index is 12.6. The van der Waals surface area contributed by atoms with Gasteiger partial charge in [-0.3, -0.25) is 9.52 Å². The van der Waals surface area contributed by atoms with Gasteiger partial charge in [-0.15, -0.1) is 0 Å². The Morgan fingerprint density at radius 3 is 2.15 bits per heavy atom. The number of sulfonamides is 1. The summed E-state index contributed by atoms with van der Waals surface area (Å²) in [6, 6.07) is 9.12. The highest BCUT2D eigenvalue weighted by atomic mass is 32.2. The molecule has 182 valence electrons. The van der Waals surface area contributed by atoms with E-state index in [1.54, 1.807) is 16.8 Å². The number of carbonyl (C=O) groups excluding carboxylic acids is 1. The molecule has 1 amide bonds. The number of benzene rings is 1. The van der Waals surface area contributed by atoms with Crippen LogP contribution in [0.15, 0.2) is 30.3 Å². The van der Waals surface area contributed by atoms with Crippen molar-refractivity contribution in [1.29, 1.82) is 0 Å². The van der Waals surface area contributed by atoms with Crippen molar-refractivity contribution in [3.8, 4) is 0 Å². The van der Waals surface area contributed by atoms with Crippen LogP contribution in [0.4, 0.5) is 17.2 Å². The lowest BCUT2D eigenvalue weighted by molar-refractivity contribution is -0.113. The zero-order valence-corrected chi connectivity index (χ0v) is 21.4. The first-order valence-corrected chi connectivity index (χ1v) is 13.2. The first-order chi connectivity index (χ1) is 15.2. The lowest BCUT2D eigenvalue weighted by Gasteiger charge is -2.28. The van der Waals surface area contributed by atoms with Crippen molar-refractivity contribution in [2.45, 2.75) is 71.8 Å². The molecule has 1 aliphatic rings. The number of hydrogen-bond donors (Lipinski definition) is 2. The molecule has 2 heterocycles. The Labute approximate surface area is 197 Å². The largest absolute Gasteiger partial charge is 0.372 e. The van der Waals surface area contributed by atoms with E-state index in [1.807, 2.05) is 59.7 Å². The fourth-order valence-electron chi connectivity index (χ4n) is 3.81. The molecule has 1 fully saturated rings. The maximum Gasteiger partial charge on any atom is 0.242 e. The first-order valence-electron chi connectivity index (χ1n) is 11.5. The highest BCUT2D eigenvalue weighted by molar-refractivity contribution is 7.93. The topological polar surface area (TPSA) is 96.3 Å².